The van der Waals surface area contributed by atoms with Crippen molar-refractivity contribution in [2.24, 2.45) is 0 Å². The maximum atomic E-state index is 4.78. The van der Waals surface area contributed by atoms with E-state index in [1.165, 1.54) is 26.6 Å². The molecule has 0 saturated heterocycles. The van der Waals surface area contributed by atoms with Crippen LogP contribution in [0, 0.1) is 6.92 Å². The fraction of sp³-hybridized carbons (Fsp3) is 0.0556. The molecule has 0 unspecified atom stereocenters. The third kappa shape index (κ3) is 1.73. The number of para-hydroxylation sites is 1. The Morgan fingerprint density at radius 3 is 2.50 bits per heavy atom. The molecule has 0 aliphatic rings. The second kappa shape index (κ2) is 4.43. The highest BCUT2D eigenvalue weighted by Gasteiger charge is 2.09. The summed E-state index contributed by atoms with van der Waals surface area (Å²) < 4.78 is 1.24. The molecule has 96 valence electrons. The van der Waals surface area contributed by atoms with E-state index in [2.05, 4.69) is 61.5 Å². The smallest absolute Gasteiger partial charge is 0.125 e. The van der Waals surface area contributed by atoms with Crippen LogP contribution in [0.25, 0.3) is 31.6 Å². The van der Waals surface area contributed by atoms with E-state index in [0.717, 1.165) is 10.5 Å². The highest BCUT2D eigenvalue weighted by atomic mass is 32.1. The lowest BCUT2D eigenvalue weighted by Gasteiger charge is -2.05. The van der Waals surface area contributed by atoms with Crippen molar-refractivity contribution in [2.75, 3.05) is 0 Å². The molecule has 2 heteroatoms. The molecular formula is C18H13NS. The van der Waals surface area contributed by atoms with Crippen molar-refractivity contribution in [3.8, 4) is 10.6 Å². The minimum Gasteiger partial charge on any atom is -0.236 e. The standard InChI is InChI=1S/C18H13NS/c1-12-6-4-8-14-13(12)7-5-9-15(14)18-19-16-10-2-3-11-17(16)20-18/h2-11H,1H3. The molecule has 0 atom stereocenters. The van der Waals surface area contributed by atoms with E-state index >= 15 is 0 Å². The minimum absolute atomic E-state index is 1.08. The van der Waals surface area contributed by atoms with Crippen LogP contribution in [0.1, 0.15) is 5.56 Å². The zero-order valence-electron chi connectivity index (χ0n) is 11.1. The van der Waals surface area contributed by atoms with Crippen molar-refractivity contribution in [1.82, 2.24) is 4.98 Å². The highest BCUT2D eigenvalue weighted by Crippen LogP contribution is 2.35. The molecule has 0 spiro atoms. The average Bonchev–Trinajstić information content (AvgIpc) is 2.91. The minimum atomic E-state index is 1.08. The van der Waals surface area contributed by atoms with Crippen LogP contribution in [0.3, 0.4) is 0 Å². The van der Waals surface area contributed by atoms with E-state index in [-0.39, 0.29) is 0 Å². The first kappa shape index (κ1) is 11.6. The van der Waals surface area contributed by atoms with E-state index in [9.17, 15) is 0 Å². The topological polar surface area (TPSA) is 12.9 Å². The first-order valence-corrected chi connectivity index (χ1v) is 7.49. The molecule has 1 aromatic heterocycles. The van der Waals surface area contributed by atoms with Gasteiger partial charge in [0.15, 0.2) is 0 Å². The fourth-order valence-electron chi connectivity index (χ4n) is 2.64. The highest BCUT2D eigenvalue weighted by molar-refractivity contribution is 7.21. The molecule has 0 saturated carbocycles. The van der Waals surface area contributed by atoms with E-state index in [1.807, 2.05) is 6.07 Å². The van der Waals surface area contributed by atoms with Crippen molar-refractivity contribution in [3.05, 3.63) is 66.2 Å². The van der Waals surface area contributed by atoms with Gasteiger partial charge in [0.25, 0.3) is 0 Å². The summed E-state index contributed by atoms with van der Waals surface area (Å²) in [6.07, 6.45) is 0. The van der Waals surface area contributed by atoms with Crippen LogP contribution < -0.4 is 0 Å². The summed E-state index contributed by atoms with van der Waals surface area (Å²) in [5.74, 6) is 0. The predicted octanol–water partition coefficient (Wildman–Crippen LogP) is 5.42. The number of thiazole rings is 1. The third-order valence-electron chi connectivity index (χ3n) is 3.66. The van der Waals surface area contributed by atoms with Gasteiger partial charge in [0.05, 0.1) is 10.2 Å². The summed E-state index contributed by atoms with van der Waals surface area (Å²) in [6, 6.07) is 21.2. The molecule has 3 aromatic carbocycles. The average molecular weight is 275 g/mol. The number of fused-ring (bicyclic) bond motifs is 2. The molecule has 0 N–H and O–H groups in total. The maximum Gasteiger partial charge on any atom is 0.125 e. The van der Waals surface area contributed by atoms with Crippen LogP contribution in [-0.4, -0.2) is 4.98 Å². The number of aryl methyl sites for hydroxylation is 1. The maximum absolute atomic E-state index is 4.78. The molecule has 0 aliphatic carbocycles. The van der Waals surface area contributed by atoms with Crippen LogP contribution in [0.5, 0.6) is 0 Å². The van der Waals surface area contributed by atoms with E-state index in [1.54, 1.807) is 11.3 Å². The van der Waals surface area contributed by atoms with Gasteiger partial charge < -0.3 is 0 Å². The first-order chi connectivity index (χ1) is 9.83. The molecule has 0 fully saturated rings. The lowest BCUT2D eigenvalue weighted by atomic mass is 10.0. The van der Waals surface area contributed by atoms with Crippen LogP contribution in [0.2, 0.25) is 0 Å². The third-order valence-corrected chi connectivity index (χ3v) is 4.73. The number of aromatic nitrogens is 1. The van der Waals surface area contributed by atoms with Crippen LogP contribution in [0.15, 0.2) is 60.7 Å². The van der Waals surface area contributed by atoms with Gasteiger partial charge in [0, 0.05) is 5.56 Å². The number of hydrogen-bond acceptors (Lipinski definition) is 2. The van der Waals surface area contributed by atoms with Gasteiger partial charge in [0.1, 0.15) is 5.01 Å². The molecular weight excluding hydrogens is 262 g/mol. The molecule has 4 rings (SSSR count). The quantitative estimate of drug-likeness (QED) is 0.451. The molecule has 1 nitrogen and oxygen atoms in total. The summed E-state index contributed by atoms with van der Waals surface area (Å²) in [5.41, 5.74) is 3.62. The van der Waals surface area contributed by atoms with Crippen LogP contribution >= 0.6 is 11.3 Å². The number of nitrogens with zero attached hydrogens (tertiary/aromatic N) is 1. The lowest BCUT2D eigenvalue weighted by molar-refractivity contribution is 1.48. The summed E-state index contributed by atoms with van der Waals surface area (Å²) >= 11 is 1.76. The van der Waals surface area contributed by atoms with Gasteiger partial charge in [-0.1, -0.05) is 48.5 Å². The van der Waals surface area contributed by atoms with Crippen molar-refractivity contribution in [1.29, 1.82) is 0 Å². The molecule has 20 heavy (non-hydrogen) atoms. The summed E-state index contributed by atoms with van der Waals surface area (Å²) in [5, 5.41) is 3.69. The second-order valence-corrected chi connectivity index (χ2v) is 5.99. The van der Waals surface area contributed by atoms with E-state index in [0.29, 0.717) is 0 Å². The molecule has 0 bridgehead atoms. The van der Waals surface area contributed by atoms with E-state index in [4.69, 9.17) is 4.98 Å². The van der Waals surface area contributed by atoms with Crippen molar-refractivity contribution in [2.45, 2.75) is 6.92 Å². The van der Waals surface area contributed by atoms with Gasteiger partial charge in [-0.05, 0) is 35.4 Å². The summed E-state index contributed by atoms with van der Waals surface area (Å²) in [7, 11) is 0. The van der Waals surface area contributed by atoms with Crippen molar-refractivity contribution >= 4 is 32.3 Å². The molecule has 4 aromatic rings. The Morgan fingerprint density at radius 1 is 0.800 bits per heavy atom. The molecule has 1 heterocycles. The lowest BCUT2D eigenvalue weighted by Crippen LogP contribution is -1.82. The molecule has 0 radical (unpaired) electrons. The Balaban J connectivity index is 2.04. The van der Waals surface area contributed by atoms with Crippen LogP contribution in [0.4, 0.5) is 0 Å². The number of hydrogen-bond donors (Lipinski definition) is 0. The second-order valence-electron chi connectivity index (χ2n) is 4.96. The SMILES string of the molecule is Cc1cccc2c(-c3nc4ccccc4s3)cccc12. The van der Waals surface area contributed by atoms with E-state index < -0.39 is 0 Å². The Hall–Kier alpha value is -2.19. The Labute approximate surface area is 121 Å². The monoisotopic (exact) mass is 275 g/mol. The predicted molar refractivity (Wildman–Crippen MR) is 87.3 cm³/mol. The fourth-order valence-corrected chi connectivity index (χ4v) is 3.65. The van der Waals surface area contributed by atoms with Crippen molar-refractivity contribution in [3.63, 3.8) is 0 Å². The van der Waals surface area contributed by atoms with Crippen LogP contribution in [-0.2, 0) is 0 Å². The van der Waals surface area contributed by atoms with Gasteiger partial charge in [0.2, 0.25) is 0 Å². The normalized spacial score (nSPS) is 11.2. The van der Waals surface area contributed by atoms with Crippen molar-refractivity contribution < 1.29 is 0 Å². The molecule has 0 aliphatic heterocycles. The summed E-state index contributed by atoms with van der Waals surface area (Å²) in [4.78, 5) is 4.78. The van der Waals surface area contributed by atoms with Gasteiger partial charge >= 0.3 is 0 Å². The largest absolute Gasteiger partial charge is 0.236 e. The molecule has 0 amide bonds. The van der Waals surface area contributed by atoms with Gasteiger partial charge in [-0.3, -0.25) is 0 Å². The number of benzene rings is 3. The zero-order chi connectivity index (χ0) is 13.5. The van der Waals surface area contributed by atoms with Gasteiger partial charge in [-0.25, -0.2) is 4.98 Å². The Morgan fingerprint density at radius 2 is 1.60 bits per heavy atom. The summed E-state index contributed by atoms with van der Waals surface area (Å²) in [6.45, 7) is 2.16. The Bertz CT molecular complexity index is 888. The first-order valence-electron chi connectivity index (χ1n) is 6.67. The number of rotatable bonds is 1. The zero-order valence-corrected chi connectivity index (χ0v) is 11.9. The van der Waals surface area contributed by atoms with Gasteiger partial charge in [-0.15, -0.1) is 11.3 Å². The Kier molecular flexibility index (Phi) is 2.57. The van der Waals surface area contributed by atoms with Gasteiger partial charge in [-0.2, -0.15) is 0 Å².